The van der Waals surface area contributed by atoms with Crippen molar-refractivity contribution in [2.45, 2.75) is 64.8 Å². The second-order valence-corrected chi connectivity index (χ2v) is 6.19. The maximum atomic E-state index is 5.90. The molecule has 0 aromatic heterocycles. The fourth-order valence-electron chi connectivity index (χ4n) is 2.93. The van der Waals surface area contributed by atoms with Gasteiger partial charge in [0.15, 0.2) is 0 Å². The van der Waals surface area contributed by atoms with E-state index in [0.717, 1.165) is 19.6 Å². The van der Waals surface area contributed by atoms with Gasteiger partial charge in [-0.3, -0.25) is 4.90 Å². The molecule has 2 heterocycles. The quantitative estimate of drug-likeness (QED) is 0.794. The SMILES string of the molecule is CC(C)NCC(C)C(C)N1CC2CCC(C1)O2. The topological polar surface area (TPSA) is 24.5 Å². The Labute approximate surface area is 106 Å². The molecular weight excluding hydrogens is 212 g/mol. The lowest BCUT2D eigenvalue weighted by atomic mass is 10.0. The highest BCUT2D eigenvalue weighted by Gasteiger charge is 2.36. The van der Waals surface area contributed by atoms with Crippen LogP contribution in [-0.2, 0) is 4.74 Å². The molecule has 1 N–H and O–H groups in total. The summed E-state index contributed by atoms with van der Waals surface area (Å²) >= 11 is 0. The molecule has 0 aromatic carbocycles. The van der Waals surface area contributed by atoms with E-state index in [9.17, 15) is 0 Å². The third kappa shape index (κ3) is 3.43. The highest BCUT2D eigenvalue weighted by atomic mass is 16.5. The molecule has 100 valence electrons. The van der Waals surface area contributed by atoms with E-state index >= 15 is 0 Å². The van der Waals surface area contributed by atoms with Crippen LogP contribution in [0.2, 0.25) is 0 Å². The Balaban J connectivity index is 1.80. The lowest BCUT2D eigenvalue weighted by Crippen LogP contribution is -2.50. The van der Waals surface area contributed by atoms with Gasteiger partial charge in [-0.2, -0.15) is 0 Å². The van der Waals surface area contributed by atoms with Crippen molar-refractivity contribution in [2.75, 3.05) is 19.6 Å². The smallest absolute Gasteiger partial charge is 0.0707 e. The standard InChI is InChI=1S/C14H28N2O/c1-10(2)15-7-11(3)12(4)16-8-13-5-6-14(9-16)17-13/h10-15H,5-9H2,1-4H3. The minimum Gasteiger partial charge on any atom is -0.372 e. The molecule has 0 spiro atoms. The lowest BCUT2D eigenvalue weighted by Gasteiger charge is -2.39. The molecule has 4 unspecified atom stereocenters. The Hall–Kier alpha value is -0.120. The number of ether oxygens (including phenoxy) is 1. The van der Waals surface area contributed by atoms with Crippen LogP contribution >= 0.6 is 0 Å². The van der Waals surface area contributed by atoms with Gasteiger partial charge in [0.25, 0.3) is 0 Å². The first-order valence-corrected chi connectivity index (χ1v) is 7.19. The first kappa shape index (κ1) is 13.3. The molecule has 2 saturated heterocycles. The molecule has 0 aromatic rings. The zero-order valence-electron chi connectivity index (χ0n) is 11.8. The van der Waals surface area contributed by atoms with E-state index < -0.39 is 0 Å². The Kier molecular flexibility index (Phi) is 4.45. The van der Waals surface area contributed by atoms with Gasteiger partial charge >= 0.3 is 0 Å². The lowest BCUT2D eigenvalue weighted by molar-refractivity contribution is -0.0570. The number of likely N-dealkylation sites (tertiary alicyclic amines) is 1. The molecule has 4 atom stereocenters. The molecule has 0 radical (unpaired) electrons. The summed E-state index contributed by atoms with van der Waals surface area (Å²) in [5.41, 5.74) is 0. The van der Waals surface area contributed by atoms with E-state index in [4.69, 9.17) is 4.74 Å². The molecule has 2 bridgehead atoms. The summed E-state index contributed by atoms with van der Waals surface area (Å²) in [7, 11) is 0. The zero-order valence-corrected chi connectivity index (χ0v) is 11.8. The molecule has 0 saturated carbocycles. The highest BCUT2D eigenvalue weighted by molar-refractivity contribution is 4.88. The van der Waals surface area contributed by atoms with Crippen molar-refractivity contribution >= 4 is 0 Å². The van der Waals surface area contributed by atoms with Gasteiger partial charge in [0, 0.05) is 25.2 Å². The number of morpholine rings is 1. The monoisotopic (exact) mass is 240 g/mol. The normalized spacial score (nSPS) is 33.0. The van der Waals surface area contributed by atoms with Crippen molar-refractivity contribution in [3.05, 3.63) is 0 Å². The van der Waals surface area contributed by atoms with Gasteiger partial charge in [-0.05, 0) is 32.2 Å². The summed E-state index contributed by atoms with van der Waals surface area (Å²) in [6, 6.07) is 1.25. The van der Waals surface area contributed by atoms with E-state index in [-0.39, 0.29) is 0 Å². The number of fused-ring (bicyclic) bond motifs is 2. The fraction of sp³-hybridized carbons (Fsp3) is 1.00. The number of hydrogen-bond donors (Lipinski definition) is 1. The van der Waals surface area contributed by atoms with Gasteiger partial charge < -0.3 is 10.1 Å². The van der Waals surface area contributed by atoms with Crippen LogP contribution in [0.4, 0.5) is 0 Å². The number of nitrogens with zero attached hydrogens (tertiary/aromatic N) is 1. The predicted molar refractivity (Wildman–Crippen MR) is 71.2 cm³/mol. The minimum absolute atomic E-state index is 0.515. The van der Waals surface area contributed by atoms with Crippen molar-refractivity contribution in [3.63, 3.8) is 0 Å². The van der Waals surface area contributed by atoms with Crippen LogP contribution in [0.25, 0.3) is 0 Å². The maximum Gasteiger partial charge on any atom is 0.0707 e. The third-order valence-corrected chi connectivity index (χ3v) is 4.32. The van der Waals surface area contributed by atoms with Crippen LogP contribution in [-0.4, -0.2) is 48.8 Å². The Morgan fingerprint density at radius 1 is 1.12 bits per heavy atom. The molecule has 0 amide bonds. The van der Waals surface area contributed by atoms with Crippen molar-refractivity contribution in [1.29, 1.82) is 0 Å². The molecule has 2 fully saturated rings. The fourth-order valence-corrected chi connectivity index (χ4v) is 2.93. The van der Waals surface area contributed by atoms with Gasteiger partial charge in [0.05, 0.1) is 12.2 Å². The molecule has 3 nitrogen and oxygen atoms in total. The van der Waals surface area contributed by atoms with Crippen molar-refractivity contribution in [3.8, 4) is 0 Å². The summed E-state index contributed by atoms with van der Waals surface area (Å²) in [6.07, 6.45) is 3.57. The van der Waals surface area contributed by atoms with Crippen LogP contribution in [0.3, 0.4) is 0 Å². The summed E-state index contributed by atoms with van der Waals surface area (Å²) in [4.78, 5) is 2.64. The summed E-state index contributed by atoms with van der Waals surface area (Å²) in [6.45, 7) is 12.6. The van der Waals surface area contributed by atoms with Gasteiger partial charge in [-0.15, -0.1) is 0 Å². The summed E-state index contributed by atoms with van der Waals surface area (Å²) < 4.78 is 5.90. The zero-order chi connectivity index (χ0) is 12.4. The molecular formula is C14H28N2O. The van der Waals surface area contributed by atoms with Gasteiger partial charge in [-0.25, -0.2) is 0 Å². The van der Waals surface area contributed by atoms with Crippen molar-refractivity contribution < 1.29 is 4.74 Å². The maximum absolute atomic E-state index is 5.90. The van der Waals surface area contributed by atoms with Gasteiger partial charge in [0.1, 0.15) is 0 Å². The Morgan fingerprint density at radius 3 is 2.24 bits per heavy atom. The minimum atomic E-state index is 0.515. The average Bonchev–Trinajstić information content (AvgIpc) is 2.64. The molecule has 0 aliphatic carbocycles. The van der Waals surface area contributed by atoms with Gasteiger partial charge in [0.2, 0.25) is 0 Å². The summed E-state index contributed by atoms with van der Waals surface area (Å²) in [5.74, 6) is 0.704. The van der Waals surface area contributed by atoms with Crippen LogP contribution in [0, 0.1) is 5.92 Å². The molecule has 17 heavy (non-hydrogen) atoms. The molecule has 2 aliphatic heterocycles. The van der Waals surface area contributed by atoms with Crippen molar-refractivity contribution in [1.82, 2.24) is 10.2 Å². The van der Waals surface area contributed by atoms with Crippen LogP contribution in [0.15, 0.2) is 0 Å². The number of rotatable bonds is 5. The van der Waals surface area contributed by atoms with Crippen LogP contribution in [0.1, 0.15) is 40.5 Å². The second kappa shape index (κ2) is 5.68. The Bertz CT molecular complexity index is 232. The van der Waals surface area contributed by atoms with E-state index in [1.54, 1.807) is 0 Å². The van der Waals surface area contributed by atoms with Crippen LogP contribution in [0.5, 0.6) is 0 Å². The predicted octanol–water partition coefficient (Wildman–Crippen LogP) is 1.87. The first-order chi connectivity index (χ1) is 8.06. The highest BCUT2D eigenvalue weighted by Crippen LogP contribution is 2.28. The van der Waals surface area contributed by atoms with E-state index in [1.807, 2.05) is 0 Å². The average molecular weight is 240 g/mol. The molecule has 2 aliphatic rings. The Morgan fingerprint density at radius 2 is 1.71 bits per heavy atom. The van der Waals surface area contributed by atoms with E-state index in [2.05, 4.69) is 37.9 Å². The number of hydrogen-bond acceptors (Lipinski definition) is 3. The first-order valence-electron chi connectivity index (χ1n) is 7.19. The van der Waals surface area contributed by atoms with Gasteiger partial charge in [-0.1, -0.05) is 20.8 Å². The largest absolute Gasteiger partial charge is 0.372 e. The van der Waals surface area contributed by atoms with E-state index in [1.165, 1.54) is 12.8 Å². The van der Waals surface area contributed by atoms with Crippen LogP contribution < -0.4 is 5.32 Å². The second-order valence-electron chi connectivity index (χ2n) is 6.19. The third-order valence-electron chi connectivity index (χ3n) is 4.32. The molecule has 2 rings (SSSR count). The molecule has 3 heteroatoms. The van der Waals surface area contributed by atoms with E-state index in [0.29, 0.717) is 30.2 Å². The van der Waals surface area contributed by atoms with Crippen molar-refractivity contribution in [2.24, 2.45) is 5.92 Å². The summed E-state index contributed by atoms with van der Waals surface area (Å²) in [5, 5.41) is 3.55. The number of nitrogens with one attached hydrogen (secondary N) is 1.